The second-order valence-electron chi connectivity index (χ2n) is 7.00. The van der Waals surface area contributed by atoms with Gasteiger partial charge in [0.25, 0.3) is 0 Å². The maximum Gasteiger partial charge on any atom is 0.312 e. The lowest BCUT2D eigenvalue weighted by molar-refractivity contribution is -0.151. The van der Waals surface area contributed by atoms with E-state index in [9.17, 15) is 9.59 Å². The Bertz CT molecular complexity index is 839. The summed E-state index contributed by atoms with van der Waals surface area (Å²) in [6.07, 6.45) is 3.57. The molecule has 2 aliphatic rings. The average Bonchev–Trinajstić information content (AvgIpc) is 3.21. The van der Waals surface area contributed by atoms with Crippen LogP contribution in [0.3, 0.4) is 0 Å². The van der Waals surface area contributed by atoms with Crippen molar-refractivity contribution in [3.8, 4) is 0 Å². The summed E-state index contributed by atoms with van der Waals surface area (Å²) in [5, 5.41) is 1.03. The van der Waals surface area contributed by atoms with Gasteiger partial charge in [0, 0.05) is 44.7 Å². The van der Waals surface area contributed by atoms with Crippen LogP contribution in [0.25, 0.3) is 10.9 Å². The minimum absolute atomic E-state index is 0.348. The lowest BCUT2D eigenvalue weighted by Crippen LogP contribution is -2.53. The number of nitrogens with zero attached hydrogens (tertiary/aromatic N) is 5. The number of rotatable bonds is 1. The molecule has 26 heavy (non-hydrogen) atoms. The van der Waals surface area contributed by atoms with Gasteiger partial charge in [-0.15, -0.1) is 0 Å². The van der Waals surface area contributed by atoms with Crippen molar-refractivity contribution >= 4 is 28.5 Å². The molecule has 0 unspecified atom stereocenters. The molecular formula is C19H23N5O2. The largest absolute Gasteiger partial charge is 0.352 e. The molecule has 0 aliphatic carbocycles. The predicted octanol–water partition coefficient (Wildman–Crippen LogP) is 1.21. The molecular weight excluding hydrogens is 330 g/mol. The Morgan fingerprint density at radius 1 is 0.885 bits per heavy atom. The van der Waals surface area contributed by atoms with Crippen molar-refractivity contribution in [2.75, 3.05) is 44.2 Å². The standard InChI is InChI=1S/C19H23N5O2/c1-14-4-5-16-15(12-14)17(21-13-20-16)22-8-10-24(11-9-22)19(26)18(25)23-6-2-3-7-23/h4-5,12-13H,2-3,6-11H2,1H3. The number of likely N-dealkylation sites (tertiary alicyclic amines) is 1. The van der Waals surface area contributed by atoms with Gasteiger partial charge in [-0.05, 0) is 31.9 Å². The molecule has 1 aromatic carbocycles. The van der Waals surface area contributed by atoms with Crippen LogP contribution in [-0.4, -0.2) is 70.9 Å². The molecule has 136 valence electrons. The molecule has 7 heteroatoms. The summed E-state index contributed by atoms with van der Waals surface area (Å²) in [6.45, 7) is 5.87. The average molecular weight is 353 g/mol. The molecule has 1 aromatic heterocycles. The summed E-state index contributed by atoms with van der Waals surface area (Å²) in [6, 6.07) is 6.14. The molecule has 7 nitrogen and oxygen atoms in total. The fraction of sp³-hybridized carbons (Fsp3) is 0.474. The summed E-state index contributed by atoms with van der Waals surface area (Å²) in [5.74, 6) is 0.186. The van der Waals surface area contributed by atoms with Crippen LogP contribution in [0.15, 0.2) is 24.5 Å². The minimum atomic E-state index is -0.366. The van der Waals surface area contributed by atoms with E-state index in [1.807, 2.05) is 12.1 Å². The summed E-state index contributed by atoms with van der Waals surface area (Å²) < 4.78 is 0. The van der Waals surface area contributed by atoms with Gasteiger partial charge < -0.3 is 14.7 Å². The van der Waals surface area contributed by atoms with Crippen LogP contribution in [0.1, 0.15) is 18.4 Å². The first-order chi connectivity index (χ1) is 12.6. The van der Waals surface area contributed by atoms with E-state index >= 15 is 0 Å². The van der Waals surface area contributed by atoms with Crippen molar-refractivity contribution in [3.05, 3.63) is 30.1 Å². The fourth-order valence-corrected chi connectivity index (χ4v) is 3.72. The summed E-state index contributed by atoms with van der Waals surface area (Å²) >= 11 is 0. The third-order valence-electron chi connectivity index (χ3n) is 5.21. The summed E-state index contributed by atoms with van der Waals surface area (Å²) in [4.78, 5) is 39.1. The van der Waals surface area contributed by atoms with Crippen molar-refractivity contribution in [2.24, 2.45) is 0 Å². The molecule has 2 saturated heterocycles. The summed E-state index contributed by atoms with van der Waals surface area (Å²) in [7, 11) is 0. The van der Waals surface area contributed by atoms with E-state index in [0.29, 0.717) is 39.3 Å². The number of carbonyl (C=O) groups excluding carboxylic acids is 2. The fourth-order valence-electron chi connectivity index (χ4n) is 3.72. The molecule has 0 spiro atoms. The Morgan fingerprint density at radius 3 is 2.23 bits per heavy atom. The number of piperazine rings is 1. The van der Waals surface area contributed by atoms with Gasteiger partial charge in [0.15, 0.2) is 0 Å². The van der Waals surface area contributed by atoms with Crippen molar-refractivity contribution in [1.29, 1.82) is 0 Å². The lowest BCUT2D eigenvalue weighted by Gasteiger charge is -2.36. The first kappa shape index (κ1) is 16.8. The topological polar surface area (TPSA) is 69.6 Å². The third kappa shape index (κ3) is 3.09. The van der Waals surface area contributed by atoms with Crippen molar-refractivity contribution in [1.82, 2.24) is 19.8 Å². The number of hydrogen-bond donors (Lipinski definition) is 0. The van der Waals surface area contributed by atoms with Gasteiger partial charge in [-0.25, -0.2) is 9.97 Å². The van der Waals surface area contributed by atoms with Gasteiger partial charge in [-0.1, -0.05) is 11.6 Å². The van der Waals surface area contributed by atoms with Gasteiger partial charge >= 0.3 is 11.8 Å². The van der Waals surface area contributed by atoms with Gasteiger partial charge in [-0.2, -0.15) is 0 Å². The second kappa shape index (κ2) is 6.90. The number of benzene rings is 1. The van der Waals surface area contributed by atoms with Crippen molar-refractivity contribution < 1.29 is 9.59 Å². The number of hydrogen-bond acceptors (Lipinski definition) is 5. The number of carbonyl (C=O) groups is 2. The van der Waals surface area contributed by atoms with E-state index in [1.165, 1.54) is 5.56 Å². The Labute approximate surface area is 152 Å². The van der Waals surface area contributed by atoms with Crippen LogP contribution in [0.5, 0.6) is 0 Å². The molecule has 2 fully saturated rings. The van der Waals surface area contributed by atoms with E-state index in [1.54, 1.807) is 16.1 Å². The maximum atomic E-state index is 12.5. The molecule has 2 aliphatic heterocycles. The molecule has 0 N–H and O–H groups in total. The van der Waals surface area contributed by atoms with Gasteiger partial charge in [-0.3, -0.25) is 9.59 Å². The van der Waals surface area contributed by atoms with Crippen molar-refractivity contribution in [2.45, 2.75) is 19.8 Å². The first-order valence-corrected chi connectivity index (χ1v) is 9.18. The Balaban J connectivity index is 1.46. The lowest BCUT2D eigenvalue weighted by atomic mass is 10.1. The zero-order chi connectivity index (χ0) is 18.1. The van der Waals surface area contributed by atoms with E-state index in [0.717, 1.165) is 29.6 Å². The highest BCUT2D eigenvalue weighted by atomic mass is 16.2. The summed E-state index contributed by atoms with van der Waals surface area (Å²) in [5.41, 5.74) is 2.09. The molecule has 2 amide bonds. The molecule has 3 heterocycles. The number of aryl methyl sites for hydroxylation is 1. The van der Waals surface area contributed by atoms with Gasteiger partial charge in [0.05, 0.1) is 5.52 Å². The molecule has 0 saturated carbocycles. The van der Waals surface area contributed by atoms with Gasteiger partial charge in [0.2, 0.25) is 0 Å². The Morgan fingerprint density at radius 2 is 1.54 bits per heavy atom. The van der Waals surface area contributed by atoms with Crippen LogP contribution in [0.4, 0.5) is 5.82 Å². The monoisotopic (exact) mass is 353 g/mol. The normalized spacial score (nSPS) is 17.8. The quantitative estimate of drug-likeness (QED) is 0.721. The number of anilines is 1. The van der Waals surface area contributed by atoms with E-state index < -0.39 is 0 Å². The highest BCUT2D eigenvalue weighted by molar-refractivity contribution is 6.35. The SMILES string of the molecule is Cc1ccc2ncnc(N3CCN(C(=O)C(=O)N4CCCC4)CC3)c2c1. The molecule has 2 aromatic rings. The molecule has 0 radical (unpaired) electrons. The molecule has 0 bridgehead atoms. The zero-order valence-corrected chi connectivity index (χ0v) is 15.0. The van der Waals surface area contributed by atoms with Gasteiger partial charge in [0.1, 0.15) is 12.1 Å². The Kier molecular flexibility index (Phi) is 4.44. The van der Waals surface area contributed by atoms with Crippen molar-refractivity contribution in [3.63, 3.8) is 0 Å². The van der Waals surface area contributed by atoms with Crippen LogP contribution in [-0.2, 0) is 9.59 Å². The number of aromatic nitrogens is 2. The van der Waals surface area contributed by atoms with Crippen LogP contribution in [0, 0.1) is 6.92 Å². The number of amides is 2. The van der Waals surface area contributed by atoms with Crippen LogP contribution < -0.4 is 4.90 Å². The highest BCUT2D eigenvalue weighted by Crippen LogP contribution is 2.25. The van der Waals surface area contributed by atoms with E-state index in [2.05, 4.69) is 27.9 Å². The maximum absolute atomic E-state index is 12.5. The second-order valence-corrected chi connectivity index (χ2v) is 7.00. The molecule has 0 atom stereocenters. The Hall–Kier alpha value is -2.70. The third-order valence-corrected chi connectivity index (χ3v) is 5.21. The smallest absolute Gasteiger partial charge is 0.312 e. The van der Waals surface area contributed by atoms with Crippen LogP contribution >= 0.6 is 0 Å². The first-order valence-electron chi connectivity index (χ1n) is 9.18. The van der Waals surface area contributed by atoms with Crippen LogP contribution in [0.2, 0.25) is 0 Å². The van der Waals surface area contributed by atoms with E-state index in [4.69, 9.17) is 0 Å². The minimum Gasteiger partial charge on any atom is -0.352 e. The highest BCUT2D eigenvalue weighted by Gasteiger charge is 2.31. The zero-order valence-electron chi connectivity index (χ0n) is 15.0. The van der Waals surface area contributed by atoms with E-state index in [-0.39, 0.29) is 11.8 Å². The number of fused-ring (bicyclic) bond motifs is 1. The predicted molar refractivity (Wildman–Crippen MR) is 98.9 cm³/mol. The molecule has 4 rings (SSSR count).